The molecule has 1 heterocycles. The van der Waals surface area contributed by atoms with Gasteiger partial charge in [-0.15, -0.1) is 0 Å². The third-order valence-corrected chi connectivity index (χ3v) is 3.03. The van der Waals surface area contributed by atoms with Crippen LogP contribution in [0.4, 0.5) is 0 Å². The minimum Gasteiger partial charge on any atom is -0.295 e. The van der Waals surface area contributed by atoms with E-state index in [0.717, 1.165) is 6.54 Å². The summed E-state index contributed by atoms with van der Waals surface area (Å²) in [5.74, 6) is 0. The summed E-state index contributed by atoms with van der Waals surface area (Å²) < 4.78 is 0. The van der Waals surface area contributed by atoms with Crippen LogP contribution < -0.4 is 0 Å². The molecule has 1 aliphatic rings. The maximum atomic E-state index is 2.45. The van der Waals surface area contributed by atoms with E-state index in [2.05, 4.69) is 57.0 Å². The normalized spacial score (nSPS) is 22.4. The van der Waals surface area contributed by atoms with Gasteiger partial charge in [0.15, 0.2) is 0 Å². The molecule has 0 aliphatic carbocycles. The molecule has 1 aliphatic heterocycles. The lowest BCUT2D eigenvalue weighted by atomic mass is 9.82. The minimum atomic E-state index is 0.321. The van der Waals surface area contributed by atoms with Gasteiger partial charge in [0, 0.05) is 12.6 Å². The fourth-order valence-electron chi connectivity index (χ4n) is 2.67. The van der Waals surface area contributed by atoms with Gasteiger partial charge in [-0.2, -0.15) is 0 Å². The molecular formula is C13H19N. The molecule has 0 saturated heterocycles. The first-order valence-electron chi connectivity index (χ1n) is 5.28. The third kappa shape index (κ3) is 1.46. The van der Waals surface area contributed by atoms with E-state index in [1.165, 1.54) is 11.1 Å². The number of benzene rings is 1. The average Bonchev–Trinajstić information content (AvgIpc) is 2.38. The predicted molar refractivity (Wildman–Crippen MR) is 60.1 cm³/mol. The first-order chi connectivity index (χ1) is 6.50. The maximum absolute atomic E-state index is 2.45. The van der Waals surface area contributed by atoms with Crippen molar-refractivity contribution in [3.63, 3.8) is 0 Å². The third-order valence-electron chi connectivity index (χ3n) is 3.03. The van der Waals surface area contributed by atoms with Crippen LogP contribution in [-0.4, -0.2) is 11.9 Å². The summed E-state index contributed by atoms with van der Waals surface area (Å²) in [6.07, 6.45) is 0. The van der Waals surface area contributed by atoms with Crippen molar-refractivity contribution in [1.29, 1.82) is 0 Å². The lowest BCUT2D eigenvalue weighted by molar-refractivity contribution is 0.142. The standard InChI is InChI=1S/C13H19N/c1-13(2,3)12-11-8-6-5-7-10(11)9-14(12)4/h5-8,12H,9H2,1-4H3. The van der Waals surface area contributed by atoms with E-state index in [4.69, 9.17) is 0 Å². The number of hydrogen-bond donors (Lipinski definition) is 0. The lowest BCUT2D eigenvalue weighted by Crippen LogP contribution is -2.28. The molecule has 0 spiro atoms. The summed E-state index contributed by atoms with van der Waals surface area (Å²) in [5, 5.41) is 0. The van der Waals surface area contributed by atoms with Gasteiger partial charge in [0.05, 0.1) is 0 Å². The van der Waals surface area contributed by atoms with Crippen LogP contribution >= 0.6 is 0 Å². The number of fused-ring (bicyclic) bond motifs is 1. The molecule has 1 unspecified atom stereocenters. The largest absolute Gasteiger partial charge is 0.295 e. The van der Waals surface area contributed by atoms with E-state index in [-0.39, 0.29) is 0 Å². The fourth-order valence-corrected chi connectivity index (χ4v) is 2.67. The molecule has 76 valence electrons. The highest BCUT2D eigenvalue weighted by molar-refractivity contribution is 5.34. The van der Waals surface area contributed by atoms with Gasteiger partial charge in [0.2, 0.25) is 0 Å². The molecule has 2 rings (SSSR count). The highest BCUT2D eigenvalue weighted by Crippen LogP contribution is 2.43. The van der Waals surface area contributed by atoms with E-state index in [0.29, 0.717) is 11.5 Å². The topological polar surface area (TPSA) is 3.24 Å². The van der Waals surface area contributed by atoms with Gasteiger partial charge < -0.3 is 0 Å². The van der Waals surface area contributed by atoms with Crippen molar-refractivity contribution >= 4 is 0 Å². The first kappa shape index (κ1) is 9.72. The van der Waals surface area contributed by atoms with Gasteiger partial charge in [0.25, 0.3) is 0 Å². The molecule has 1 nitrogen and oxygen atoms in total. The summed E-state index contributed by atoms with van der Waals surface area (Å²) in [5.41, 5.74) is 3.33. The van der Waals surface area contributed by atoms with Crippen LogP contribution in [-0.2, 0) is 6.54 Å². The number of rotatable bonds is 0. The van der Waals surface area contributed by atoms with E-state index in [9.17, 15) is 0 Å². The van der Waals surface area contributed by atoms with E-state index in [1.54, 1.807) is 0 Å². The predicted octanol–water partition coefficient (Wildman–Crippen LogP) is 3.22. The van der Waals surface area contributed by atoms with Gasteiger partial charge in [-0.25, -0.2) is 0 Å². The Balaban J connectivity index is 2.45. The second-order valence-electron chi connectivity index (χ2n) is 5.38. The molecule has 0 fully saturated rings. The van der Waals surface area contributed by atoms with Crippen molar-refractivity contribution < 1.29 is 0 Å². The molecule has 0 aromatic heterocycles. The van der Waals surface area contributed by atoms with Gasteiger partial charge >= 0.3 is 0 Å². The lowest BCUT2D eigenvalue weighted by Gasteiger charge is -2.33. The Kier molecular flexibility index (Phi) is 2.15. The van der Waals surface area contributed by atoms with Crippen molar-refractivity contribution in [2.45, 2.75) is 33.4 Å². The van der Waals surface area contributed by atoms with Crippen molar-refractivity contribution in [2.24, 2.45) is 5.41 Å². The number of nitrogens with zero attached hydrogens (tertiary/aromatic N) is 1. The molecule has 0 amide bonds. The Labute approximate surface area is 86.7 Å². The van der Waals surface area contributed by atoms with Gasteiger partial charge in [-0.05, 0) is 23.6 Å². The van der Waals surface area contributed by atoms with E-state index < -0.39 is 0 Å². The van der Waals surface area contributed by atoms with Crippen LogP contribution in [0.5, 0.6) is 0 Å². The van der Waals surface area contributed by atoms with Crippen LogP contribution in [0.3, 0.4) is 0 Å². The summed E-state index contributed by atoms with van der Waals surface area (Å²) in [4.78, 5) is 2.45. The second-order valence-corrected chi connectivity index (χ2v) is 5.38. The Hall–Kier alpha value is -0.820. The molecule has 0 radical (unpaired) electrons. The van der Waals surface area contributed by atoms with Crippen LogP contribution in [0, 0.1) is 5.41 Å². The van der Waals surface area contributed by atoms with Crippen LogP contribution in [0.1, 0.15) is 37.9 Å². The molecule has 1 atom stereocenters. The Bertz CT molecular complexity index is 335. The molecule has 0 saturated carbocycles. The summed E-state index contributed by atoms with van der Waals surface area (Å²) >= 11 is 0. The zero-order valence-corrected chi connectivity index (χ0v) is 9.54. The van der Waals surface area contributed by atoms with Crippen molar-refractivity contribution in [1.82, 2.24) is 4.90 Å². The van der Waals surface area contributed by atoms with Crippen LogP contribution in [0.25, 0.3) is 0 Å². The molecule has 1 heteroatoms. The van der Waals surface area contributed by atoms with Gasteiger partial charge in [-0.3, -0.25) is 4.90 Å². The van der Waals surface area contributed by atoms with E-state index in [1.807, 2.05) is 0 Å². The SMILES string of the molecule is CN1Cc2ccccc2C1C(C)(C)C. The van der Waals surface area contributed by atoms with Gasteiger partial charge in [0.1, 0.15) is 0 Å². The smallest absolute Gasteiger partial charge is 0.0400 e. The summed E-state index contributed by atoms with van der Waals surface area (Å²) in [6, 6.07) is 9.37. The highest BCUT2D eigenvalue weighted by Gasteiger charge is 2.35. The highest BCUT2D eigenvalue weighted by atomic mass is 15.2. The second kappa shape index (κ2) is 3.09. The van der Waals surface area contributed by atoms with Crippen molar-refractivity contribution in [2.75, 3.05) is 7.05 Å². The maximum Gasteiger partial charge on any atom is 0.0400 e. The fraction of sp³-hybridized carbons (Fsp3) is 0.538. The molecule has 14 heavy (non-hydrogen) atoms. The molecule has 1 aromatic carbocycles. The zero-order chi connectivity index (χ0) is 10.3. The van der Waals surface area contributed by atoms with E-state index >= 15 is 0 Å². The van der Waals surface area contributed by atoms with Crippen molar-refractivity contribution in [3.8, 4) is 0 Å². The first-order valence-corrected chi connectivity index (χ1v) is 5.28. The van der Waals surface area contributed by atoms with Gasteiger partial charge in [-0.1, -0.05) is 45.0 Å². The van der Waals surface area contributed by atoms with Crippen molar-refractivity contribution in [3.05, 3.63) is 35.4 Å². The molecule has 0 N–H and O–H groups in total. The summed E-state index contributed by atoms with van der Waals surface area (Å²) in [7, 11) is 2.22. The Morgan fingerprint density at radius 1 is 1.21 bits per heavy atom. The van der Waals surface area contributed by atoms with Crippen LogP contribution in [0.2, 0.25) is 0 Å². The zero-order valence-electron chi connectivity index (χ0n) is 9.54. The minimum absolute atomic E-state index is 0.321. The molecular weight excluding hydrogens is 170 g/mol. The average molecular weight is 189 g/mol. The molecule has 0 bridgehead atoms. The Morgan fingerprint density at radius 2 is 1.86 bits per heavy atom. The quantitative estimate of drug-likeness (QED) is 0.605. The molecule has 1 aromatic rings. The van der Waals surface area contributed by atoms with Crippen LogP contribution in [0.15, 0.2) is 24.3 Å². The monoisotopic (exact) mass is 189 g/mol. The number of hydrogen-bond acceptors (Lipinski definition) is 1. The summed E-state index contributed by atoms with van der Waals surface area (Å²) in [6.45, 7) is 8.04. The Morgan fingerprint density at radius 3 is 2.50 bits per heavy atom.